The van der Waals surface area contributed by atoms with Crippen LogP contribution in [0.4, 0.5) is 0 Å². The zero-order valence-electron chi connectivity index (χ0n) is 31.5. The van der Waals surface area contributed by atoms with E-state index >= 15 is 0 Å². The number of aliphatic hydroxyl groups is 2. The molecule has 0 bridgehead atoms. The van der Waals surface area contributed by atoms with Gasteiger partial charge in [0.15, 0.2) is 0 Å². The van der Waals surface area contributed by atoms with Crippen LogP contribution in [0, 0.1) is 0 Å². The van der Waals surface area contributed by atoms with Crippen LogP contribution in [0.25, 0.3) is 55.6 Å². The number of fused-ring (bicyclic) bond motifs is 3. The van der Waals surface area contributed by atoms with E-state index in [2.05, 4.69) is 158 Å². The Morgan fingerprint density at radius 3 is 1.07 bits per heavy atom. The van der Waals surface area contributed by atoms with Crippen LogP contribution in [0.2, 0.25) is 0 Å². The maximum atomic E-state index is 9.81. The molecule has 0 heterocycles. The third-order valence-corrected chi connectivity index (χ3v) is 11.0. The van der Waals surface area contributed by atoms with Crippen molar-refractivity contribution in [1.29, 1.82) is 0 Å². The number of benzene rings is 8. The summed E-state index contributed by atoms with van der Waals surface area (Å²) < 4.78 is 12.5. The van der Waals surface area contributed by atoms with Gasteiger partial charge in [0.05, 0.1) is 18.6 Å². The molecule has 0 amide bonds. The Hall–Kier alpha value is -6.72. The second-order valence-corrected chi connectivity index (χ2v) is 14.3. The van der Waals surface area contributed by atoms with Gasteiger partial charge in [-0.1, -0.05) is 158 Å². The summed E-state index contributed by atoms with van der Waals surface area (Å²) in [5.74, 6) is 1.42. The highest BCUT2D eigenvalue weighted by atomic mass is 16.5. The average Bonchev–Trinajstić information content (AvgIpc) is 3.58. The Morgan fingerprint density at radius 2 is 0.702 bits per heavy atom. The molecule has 57 heavy (non-hydrogen) atoms. The summed E-state index contributed by atoms with van der Waals surface area (Å²) in [7, 11) is 0. The van der Waals surface area contributed by atoms with Crippen LogP contribution < -0.4 is 9.47 Å². The van der Waals surface area contributed by atoms with E-state index in [1.807, 2.05) is 36.4 Å². The SMILES string of the molecule is OCCOc1ccc(C2(c3ccc(OCCO)c(-c4ccccc4)c3)c3cc(-c4ccccc4)ccc3-c3ccc(-c4ccccc4)cc32)cc1-c1ccccc1. The van der Waals surface area contributed by atoms with Crippen molar-refractivity contribution in [3.8, 4) is 67.1 Å². The Kier molecular flexibility index (Phi) is 9.96. The van der Waals surface area contributed by atoms with E-state index < -0.39 is 5.41 Å². The number of aliphatic hydroxyl groups excluding tert-OH is 2. The molecule has 0 radical (unpaired) electrons. The fourth-order valence-corrected chi connectivity index (χ4v) is 8.51. The van der Waals surface area contributed by atoms with Crippen LogP contribution in [0.3, 0.4) is 0 Å². The first-order chi connectivity index (χ1) is 28.2. The first-order valence-electron chi connectivity index (χ1n) is 19.5. The summed E-state index contributed by atoms with van der Waals surface area (Å²) in [4.78, 5) is 0. The van der Waals surface area contributed by atoms with Gasteiger partial charge in [-0.05, 0) is 103 Å². The van der Waals surface area contributed by atoms with Gasteiger partial charge in [0.1, 0.15) is 24.7 Å². The maximum Gasteiger partial charge on any atom is 0.127 e. The summed E-state index contributed by atoms with van der Waals surface area (Å²) in [5.41, 5.74) is 14.5. The minimum atomic E-state index is -0.807. The van der Waals surface area contributed by atoms with Gasteiger partial charge < -0.3 is 19.7 Å². The molecule has 0 saturated carbocycles. The molecule has 1 aliphatic rings. The van der Waals surface area contributed by atoms with E-state index in [4.69, 9.17) is 9.47 Å². The molecule has 9 rings (SSSR count). The van der Waals surface area contributed by atoms with Crippen molar-refractivity contribution in [3.63, 3.8) is 0 Å². The van der Waals surface area contributed by atoms with E-state index in [0.29, 0.717) is 11.5 Å². The molecule has 0 fully saturated rings. The zero-order chi connectivity index (χ0) is 38.6. The molecule has 4 heteroatoms. The number of ether oxygens (including phenoxy) is 2. The Labute approximate surface area is 333 Å². The van der Waals surface area contributed by atoms with Crippen LogP contribution in [0.1, 0.15) is 22.3 Å². The molecule has 4 nitrogen and oxygen atoms in total. The number of hydrogen-bond donors (Lipinski definition) is 2. The third kappa shape index (κ3) is 6.59. The molecular weight excluding hydrogens is 701 g/mol. The summed E-state index contributed by atoms with van der Waals surface area (Å²) >= 11 is 0. The van der Waals surface area contributed by atoms with E-state index in [1.54, 1.807) is 0 Å². The highest BCUT2D eigenvalue weighted by Crippen LogP contribution is 2.59. The van der Waals surface area contributed by atoms with E-state index in [1.165, 1.54) is 22.3 Å². The molecule has 278 valence electrons. The van der Waals surface area contributed by atoms with Gasteiger partial charge in [0.2, 0.25) is 0 Å². The highest BCUT2D eigenvalue weighted by Gasteiger charge is 2.47. The van der Waals surface area contributed by atoms with Gasteiger partial charge >= 0.3 is 0 Å². The van der Waals surface area contributed by atoms with Gasteiger partial charge in [-0.3, -0.25) is 0 Å². The first kappa shape index (κ1) is 35.9. The standard InChI is InChI=1S/C53H42O4/c54-29-31-56-51-27-23-43(35-47(51)39-17-9-3-10-18-39)53(44-24-28-52(57-32-30-55)48(36-44)40-19-11-4-12-20-40)49-33-41(37-13-5-1-6-14-37)21-25-45(49)46-26-22-42(34-50(46)53)38-15-7-2-8-16-38/h1-28,33-36,54-55H,29-32H2. The fraction of sp³-hybridized carbons (Fsp3) is 0.0943. The summed E-state index contributed by atoms with van der Waals surface area (Å²) in [6.45, 7) is 0.204. The predicted octanol–water partition coefficient (Wildman–Crippen LogP) is 11.5. The molecule has 1 aliphatic carbocycles. The van der Waals surface area contributed by atoms with Gasteiger partial charge in [-0.15, -0.1) is 0 Å². The Bertz CT molecular complexity index is 2450. The molecule has 0 spiro atoms. The monoisotopic (exact) mass is 742 g/mol. The second kappa shape index (κ2) is 15.8. The maximum absolute atomic E-state index is 9.81. The van der Waals surface area contributed by atoms with Gasteiger partial charge in [0.25, 0.3) is 0 Å². The van der Waals surface area contributed by atoms with E-state index in [9.17, 15) is 10.2 Å². The minimum absolute atomic E-state index is 0.0852. The van der Waals surface area contributed by atoms with Crippen molar-refractivity contribution in [2.45, 2.75) is 5.41 Å². The number of rotatable bonds is 12. The molecule has 2 N–H and O–H groups in total. The van der Waals surface area contributed by atoms with E-state index in [-0.39, 0.29) is 26.4 Å². The Morgan fingerprint density at radius 1 is 0.333 bits per heavy atom. The van der Waals surface area contributed by atoms with Crippen molar-refractivity contribution in [1.82, 2.24) is 0 Å². The Balaban J connectivity index is 1.41. The lowest BCUT2D eigenvalue weighted by atomic mass is 9.66. The van der Waals surface area contributed by atoms with Gasteiger partial charge in [0, 0.05) is 11.1 Å². The molecule has 0 saturated heterocycles. The molecule has 8 aromatic rings. The highest BCUT2D eigenvalue weighted by molar-refractivity contribution is 5.91. The summed E-state index contributed by atoms with van der Waals surface area (Å²) in [6.07, 6.45) is 0. The van der Waals surface area contributed by atoms with Crippen LogP contribution in [-0.4, -0.2) is 36.6 Å². The topological polar surface area (TPSA) is 58.9 Å². The lowest BCUT2D eigenvalue weighted by molar-refractivity contribution is 0.202. The van der Waals surface area contributed by atoms with Gasteiger partial charge in [-0.2, -0.15) is 0 Å². The van der Waals surface area contributed by atoms with Crippen LogP contribution in [0.15, 0.2) is 194 Å². The first-order valence-corrected chi connectivity index (χ1v) is 19.5. The molecule has 0 aliphatic heterocycles. The quantitative estimate of drug-likeness (QED) is 0.131. The van der Waals surface area contributed by atoms with Gasteiger partial charge in [-0.25, -0.2) is 0 Å². The smallest absolute Gasteiger partial charge is 0.127 e. The van der Waals surface area contributed by atoms with Crippen LogP contribution in [-0.2, 0) is 5.41 Å². The lowest BCUT2D eigenvalue weighted by Gasteiger charge is -2.35. The largest absolute Gasteiger partial charge is 0.491 e. The van der Waals surface area contributed by atoms with Crippen molar-refractivity contribution < 1.29 is 19.7 Å². The summed E-state index contributed by atoms with van der Waals surface area (Å²) in [6, 6.07) is 68.7. The molecule has 8 aromatic carbocycles. The lowest BCUT2D eigenvalue weighted by Crippen LogP contribution is -2.29. The molecular formula is C53H42O4. The molecule has 0 aromatic heterocycles. The second-order valence-electron chi connectivity index (χ2n) is 14.3. The molecule has 0 unspecified atom stereocenters. The number of hydrogen-bond acceptors (Lipinski definition) is 4. The van der Waals surface area contributed by atoms with Crippen molar-refractivity contribution in [2.75, 3.05) is 26.4 Å². The van der Waals surface area contributed by atoms with Crippen molar-refractivity contribution in [3.05, 3.63) is 216 Å². The zero-order valence-corrected chi connectivity index (χ0v) is 31.5. The van der Waals surface area contributed by atoms with Crippen molar-refractivity contribution >= 4 is 0 Å². The predicted molar refractivity (Wildman–Crippen MR) is 231 cm³/mol. The normalized spacial score (nSPS) is 12.5. The van der Waals surface area contributed by atoms with Crippen LogP contribution in [0.5, 0.6) is 11.5 Å². The average molecular weight is 743 g/mol. The van der Waals surface area contributed by atoms with Crippen molar-refractivity contribution in [2.24, 2.45) is 0 Å². The van der Waals surface area contributed by atoms with Crippen LogP contribution >= 0.6 is 0 Å². The van der Waals surface area contributed by atoms with E-state index in [0.717, 1.165) is 55.6 Å². The minimum Gasteiger partial charge on any atom is -0.491 e. The third-order valence-electron chi connectivity index (χ3n) is 11.0. The summed E-state index contributed by atoms with van der Waals surface area (Å²) in [5, 5.41) is 19.6. The molecule has 0 atom stereocenters. The fourth-order valence-electron chi connectivity index (χ4n) is 8.51.